The minimum atomic E-state index is -2.86. The van der Waals surface area contributed by atoms with E-state index in [-0.39, 0.29) is 16.8 Å². The van der Waals surface area contributed by atoms with Crippen molar-refractivity contribution in [2.75, 3.05) is 13.2 Å². The van der Waals surface area contributed by atoms with E-state index in [1.165, 1.54) is 56.4 Å². The molecule has 3 fully saturated rings. The van der Waals surface area contributed by atoms with Crippen molar-refractivity contribution in [3.05, 3.63) is 65.5 Å². The van der Waals surface area contributed by atoms with Gasteiger partial charge in [-0.05, 0) is 38.1 Å². The predicted octanol–water partition coefficient (Wildman–Crippen LogP) is 1.96. The highest BCUT2D eigenvalue weighted by Crippen LogP contribution is 2.69. The molecular weight excluding hydrogens is 778 g/mol. The first-order chi connectivity index (χ1) is 27.6. The molecule has 18 heteroatoms. The fourth-order valence-corrected chi connectivity index (χ4v) is 9.32. The van der Waals surface area contributed by atoms with E-state index in [1.807, 2.05) is 0 Å². The van der Waals surface area contributed by atoms with Crippen LogP contribution in [0.2, 0.25) is 0 Å². The standard InChI is InChI=1S/C41H45NO17/c1-19-20(2)35(48)58-33-30(54-21(3)43)34(57-24(6)46)40(18-53-36(49)25-13-10-9-11-14-25)32(56-23(5)45)29(47)27-31(55-22(4)44)41(40,39(33,8)51)59-38(27,7)17-52-37(50)26-15-12-16-42-28(19)26/h9-16,19-20,27,30-34,51H,17-18H2,1-8H3/t19?,20?,27-,30+,31-,32-,33+,34+,38+,39+,40-,41+/m1/s1. The Morgan fingerprint density at radius 1 is 0.814 bits per heavy atom. The number of carbonyl (C=O) groups is 8. The molecule has 2 aliphatic heterocycles. The maximum absolute atomic E-state index is 15.3. The maximum Gasteiger partial charge on any atom is 0.340 e. The first-order valence-corrected chi connectivity index (χ1v) is 18.8. The van der Waals surface area contributed by atoms with E-state index in [4.69, 9.17) is 37.9 Å². The van der Waals surface area contributed by atoms with Crippen LogP contribution in [0.25, 0.3) is 0 Å². The van der Waals surface area contributed by atoms with Crippen LogP contribution in [0.3, 0.4) is 0 Å². The van der Waals surface area contributed by atoms with E-state index in [9.17, 15) is 38.7 Å². The zero-order chi connectivity index (χ0) is 43.4. The van der Waals surface area contributed by atoms with Gasteiger partial charge >= 0.3 is 41.8 Å². The van der Waals surface area contributed by atoms with E-state index in [0.29, 0.717) is 0 Å². The Morgan fingerprint density at radius 2 is 1.42 bits per heavy atom. The van der Waals surface area contributed by atoms with Crippen molar-refractivity contribution in [3.8, 4) is 0 Å². The van der Waals surface area contributed by atoms with Gasteiger partial charge in [0.25, 0.3) is 0 Å². The summed E-state index contributed by atoms with van der Waals surface area (Å²) in [5.41, 5.74) is -10.5. The van der Waals surface area contributed by atoms with E-state index in [1.54, 1.807) is 13.0 Å². The highest BCUT2D eigenvalue weighted by molar-refractivity contribution is 5.95. The molecule has 0 radical (unpaired) electrons. The summed E-state index contributed by atoms with van der Waals surface area (Å²) in [6.45, 7) is 7.35. The summed E-state index contributed by atoms with van der Waals surface area (Å²) in [4.78, 5) is 114. The first kappa shape index (κ1) is 42.8. The molecule has 59 heavy (non-hydrogen) atoms. The Morgan fingerprint density at radius 3 is 2.03 bits per heavy atom. The molecular formula is C41H45NO17. The van der Waals surface area contributed by atoms with Crippen molar-refractivity contribution in [1.29, 1.82) is 0 Å². The number of hydrogen-bond donors (Lipinski definition) is 1. The van der Waals surface area contributed by atoms with E-state index >= 15 is 4.79 Å². The van der Waals surface area contributed by atoms with Gasteiger partial charge in [-0.3, -0.25) is 33.8 Å². The molecule has 2 saturated carbocycles. The van der Waals surface area contributed by atoms with Gasteiger partial charge in [0.2, 0.25) is 0 Å². The molecule has 1 N–H and O–H groups in total. The Balaban J connectivity index is 1.74. The number of fused-ring (bicyclic) bond motifs is 5. The van der Waals surface area contributed by atoms with Crippen LogP contribution in [0.15, 0.2) is 48.7 Å². The SMILES string of the molecule is CC(=O)O[C@@H]1[C@H](OC(C)=O)[C@@]2(COC(=O)c3ccccc3)[C@H](OC(C)=O)C(=O)[C@@H]3[C@@H](OC(C)=O)[C@@]24O[C@@]3(C)COC(=O)c2cccnc2C(C)C(C)C(=O)O[C@@H]1[C@]4(C)O. The number of hydrogen-bond acceptors (Lipinski definition) is 18. The van der Waals surface area contributed by atoms with Crippen molar-refractivity contribution < 1.29 is 81.4 Å². The van der Waals surface area contributed by atoms with E-state index < -0.39 is 131 Å². The Hall–Kier alpha value is -5.75. The number of rotatable bonds is 7. The summed E-state index contributed by atoms with van der Waals surface area (Å²) in [6, 6.07) is 10.4. The lowest BCUT2D eigenvalue weighted by molar-refractivity contribution is -0.376. The van der Waals surface area contributed by atoms with E-state index in [2.05, 4.69) is 4.98 Å². The zero-order valence-corrected chi connectivity index (χ0v) is 33.6. The molecule has 1 aromatic heterocycles. The van der Waals surface area contributed by atoms with Crippen LogP contribution in [0.4, 0.5) is 0 Å². The third kappa shape index (κ3) is 6.80. The molecule has 6 rings (SSSR count). The minimum absolute atomic E-state index is 0.00934. The second kappa shape index (κ2) is 15.4. The van der Waals surface area contributed by atoms with Crippen molar-refractivity contribution >= 4 is 47.6 Å². The summed E-state index contributed by atoms with van der Waals surface area (Å²) in [7, 11) is 0. The van der Waals surface area contributed by atoms with Crippen LogP contribution in [-0.4, -0.2) is 118 Å². The number of Topliss-reactive ketones (excluding diaryl/α,β-unsaturated/α-hetero) is 1. The van der Waals surface area contributed by atoms with Gasteiger partial charge in [-0.15, -0.1) is 0 Å². The van der Waals surface area contributed by atoms with Crippen LogP contribution in [0.5, 0.6) is 0 Å². The molecule has 2 unspecified atom stereocenters. The number of ether oxygens (including phenoxy) is 8. The van der Waals surface area contributed by atoms with Gasteiger partial charge in [0, 0.05) is 39.8 Å². The number of nitrogens with zero attached hydrogens (tertiary/aromatic N) is 1. The largest absolute Gasteiger partial charge is 0.461 e. The molecule has 18 nitrogen and oxygen atoms in total. The van der Waals surface area contributed by atoms with Gasteiger partial charge in [0.05, 0.1) is 28.7 Å². The summed E-state index contributed by atoms with van der Waals surface area (Å²) >= 11 is 0. The molecule has 2 aromatic rings. The fourth-order valence-electron chi connectivity index (χ4n) is 9.32. The number of aliphatic hydroxyl groups is 1. The normalized spacial score (nSPS) is 36.1. The maximum atomic E-state index is 15.3. The molecule has 4 bridgehead atoms. The Bertz CT molecular complexity index is 2090. The quantitative estimate of drug-likeness (QED) is 0.310. The molecule has 1 spiro atoms. The Labute approximate surface area is 338 Å². The number of benzene rings is 1. The molecule has 1 saturated heterocycles. The first-order valence-electron chi connectivity index (χ1n) is 18.8. The zero-order valence-electron chi connectivity index (χ0n) is 33.6. The number of carbonyl (C=O) groups excluding carboxylic acids is 8. The highest BCUT2D eigenvalue weighted by Gasteiger charge is 2.91. The molecule has 2 aliphatic carbocycles. The molecule has 1 aromatic carbocycles. The van der Waals surface area contributed by atoms with Crippen LogP contribution in [0, 0.1) is 17.3 Å². The summed E-state index contributed by atoms with van der Waals surface area (Å²) < 4.78 is 48.3. The van der Waals surface area contributed by atoms with Gasteiger partial charge in [-0.1, -0.05) is 32.0 Å². The fraction of sp³-hybridized carbons (Fsp3) is 0.537. The molecule has 316 valence electrons. The molecule has 4 aliphatic rings. The van der Waals surface area contributed by atoms with E-state index in [0.717, 1.165) is 34.6 Å². The van der Waals surface area contributed by atoms with Gasteiger partial charge in [-0.2, -0.15) is 0 Å². The van der Waals surface area contributed by atoms with Gasteiger partial charge in [0.1, 0.15) is 35.9 Å². The molecule has 12 atom stereocenters. The minimum Gasteiger partial charge on any atom is -0.461 e. The second-order valence-electron chi connectivity index (χ2n) is 15.7. The molecule has 3 heterocycles. The number of cyclic esters (lactones) is 1. The van der Waals surface area contributed by atoms with Crippen molar-refractivity contribution in [2.45, 2.75) is 109 Å². The third-order valence-corrected chi connectivity index (χ3v) is 11.9. The van der Waals surface area contributed by atoms with Crippen LogP contribution >= 0.6 is 0 Å². The topological polar surface area (TPSA) is 244 Å². The van der Waals surface area contributed by atoms with Crippen LogP contribution in [0.1, 0.15) is 87.7 Å². The van der Waals surface area contributed by atoms with Gasteiger partial charge in [0.15, 0.2) is 35.8 Å². The Kier molecular flexibility index (Phi) is 11.2. The average molecular weight is 824 g/mol. The predicted molar refractivity (Wildman–Crippen MR) is 195 cm³/mol. The number of pyridine rings is 1. The number of aromatic nitrogens is 1. The summed E-state index contributed by atoms with van der Waals surface area (Å²) in [6.07, 6.45) is -9.20. The molecule has 0 amide bonds. The van der Waals surface area contributed by atoms with Gasteiger partial charge < -0.3 is 43.0 Å². The summed E-state index contributed by atoms with van der Waals surface area (Å²) in [5.74, 6) is -12.2. The van der Waals surface area contributed by atoms with Crippen LogP contribution in [-0.2, 0) is 66.7 Å². The number of ketones is 1. The number of esters is 7. The van der Waals surface area contributed by atoms with Crippen LogP contribution < -0.4 is 0 Å². The average Bonchev–Trinajstić information content (AvgIpc) is 3.40. The lowest BCUT2D eigenvalue weighted by Gasteiger charge is -2.66. The lowest BCUT2D eigenvalue weighted by atomic mass is 9.45. The third-order valence-electron chi connectivity index (χ3n) is 11.9. The smallest absolute Gasteiger partial charge is 0.340 e. The van der Waals surface area contributed by atoms with Crippen molar-refractivity contribution in [3.63, 3.8) is 0 Å². The highest BCUT2D eigenvalue weighted by atomic mass is 16.7. The van der Waals surface area contributed by atoms with Gasteiger partial charge in [-0.25, -0.2) is 9.59 Å². The second-order valence-corrected chi connectivity index (χ2v) is 15.7. The van der Waals surface area contributed by atoms with Crippen molar-refractivity contribution in [2.24, 2.45) is 17.3 Å². The monoisotopic (exact) mass is 823 g/mol. The summed E-state index contributed by atoms with van der Waals surface area (Å²) in [5, 5.41) is 13.4. The lowest BCUT2D eigenvalue weighted by Crippen LogP contribution is -2.88. The van der Waals surface area contributed by atoms with Crippen molar-refractivity contribution in [1.82, 2.24) is 4.98 Å².